The second kappa shape index (κ2) is 12.9. The Kier molecular flexibility index (Phi) is 9.44. The molecule has 2 heterocycles. The van der Waals surface area contributed by atoms with Crippen molar-refractivity contribution < 1.29 is 36.9 Å². The smallest absolute Gasteiger partial charge is 0.371 e. The van der Waals surface area contributed by atoms with Crippen LogP contribution in [-0.2, 0) is 43.1 Å². The maximum absolute atomic E-state index is 14.0. The third-order valence-corrected chi connectivity index (χ3v) is 8.29. The Labute approximate surface area is 250 Å². The average Bonchev–Trinajstić information content (AvgIpc) is 3.61. The van der Waals surface area contributed by atoms with Crippen LogP contribution >= 0.6 is 0 Å². The zero-order chi connectivity index (χ0) is 30.7. The topological polar surface area (TPSA) is 93.0 Å². The number of hydrogen-bond donors (Lipinski definition) is 1. The number of likely N-dealkylation sites (tertiary alicyclic amines) is 1. The number of fused-ring (bicyclic) bond motifs is 1. The largest absolute Gasteiger partial charge is 0.416 e. The molecule has 0 radical (unpaired) electrons. The lowest BCUT2D eigenvalue weighted by Gasteiger charge is -2.43. The summed E-state index contributed by atoms with van der Waals surface area (Å²) in [6.45, 7) is 6.75. The van der Waals surface area contributed by atoms with E-state index in [0.717, 1.165) is 50.2 Å². The lowest BCUT2D eigenvalue weighted by molar-refractivity contribution is -0.183. The van der Waals surface area contributed by atoms with Gasteiger partial charge in [0.15, 0.2) is 11.4 Å². The molecule has 232 valence electrons. The third kappa shape index (κ3) is 7.75. The maximum Gasteiger partial charge on any atom is 0.416 e. The monoisotopic (exact) mass is 601 g/mol. The molecular weight excluding hydrogens is 563 g/mol. The highest BCUT2D eigenvalue weighted by Gasteiger charge is 2.58. The SMILES string of the molecule is CC1(C)O[C@@H]2C[C@@](OCc3ccc(C#N)cc3)(C(=O)NCCN3CCCC3)CC(OCc3cccc(C(F)(F)F)c3)[C@@H]2O1. The lowest BCUT2D eigenvalue weighted by atomic mass is 9.78. The molecule has 43 heavy (non-hydrogen) atoms. The molecule has 3 aliphatic rings. The van der Waals surface area contributed by atoms with Crippen molar-refractivity contribution in [1.82, 2.24) is 10.2 Å². The third-order valence-electron chi connectivity index (χ3n) is 8.29. The highest BCUT2D eigenvalue weighted by molar-refractivity contribution is 5.85. The molecule has 2 aromatic rings. The van der Waals surface area contributed by atoms with Gasteiger partial charge in [-0.25, -0.2) is 0 Å². The van der Waals surface area contributed by atoms with E-state index in [1.807, 2.05) is 0 Å². The molecule has 1 aliphatic carbocycles. The first-order valence-electron chi connectivity index (χ1n) is 14.7. The number of nitriles is 1. The summed E-state index contributed by atoms with van der Waals surface area (Å²) in [7, 11) is 0. The first kappa shape index (κ1) is 31.4. The van der Waals surface area contributed by atoms with E-state index in [4.69, 9.17) is 24.2 Å². The van der Waals surface area contributed by atoms with E-state index in [1.54, 1.807) is 44.2 Å². The van der Waals surface area contributed by atoms with Crippen molar-refractivity contribution in [2.75, 3.05) is 26.2 Å². The number of amides is 1. The van der Waals surface area contributed by atoms with Crippen molar-refractivity contribution in [3.63, 3.8) is 0 Å². The van der Waals surface area contributed by atoms with Gasteiger partial charge in [-0.1, -0.05) is 24.3 Å². The Morgan fingerprint density at radius 1 is 1.07 bits per heavy atom. The Morgan fingerprint density at radius 3 is 2.51 bits per heavy atom. The van der Waals surface area contributed by atoms with Gasteiger partial charge in [-0.3, -0.25) is 4.79 Å². The molecule has 2 saturated heterocycles. The van der Waals surface area contributed by atoms with E-state index in [-0.39, 0.29) is 32.0 Å². The minimum atomic E-state index is -4.47. The molecule has 3 fully saturated rings. The van der Waals surface area contributed by atoms with E-state index in [2.05, 4.69) is 16.3 Å². The highest BCUT2D eigenvalue weighted by Crippen LogP contribution is 2.44. The van der Waals surface area contributed by atoms with E-state index < -0.39 is 41.4 Å². The molecule has 4 atom stereocenters. The fraction of sp³-hybridized carbons (Fsp3) is 0.562. The zero-order valence-corrected chi connectivity index (χ0v) is 24.5. The summed E-state index contributed by atoms with van der Waals surface area (Å²) in [5.41, 5.74) is -0.442. The predicted octanol–water partition coefficient (Wildman–Crippen LogP) is 4.94. The molecule has 1 saturated carbocycles. The average molecular weight is 602 g/mol. The second-order valence-electron chi connectivity index (χ2n) is 12.0. The summed E-state index contributed by atoms with van der Waals surface area (Å²) in [4.78, 5) is 16.3. The normalized spacial score (nSPS) is 27.0. The van der Waals surface area contributed by atoms with Gasteiger partial charge in [0.25, 0.3) is 5.91 Å². The molecule has 1 amide bonds. The standard InChI is InChI=1S/C32H38F3N3O5/c1-30(2)42-27-18-31(29(39)37-12-15-38-13-3-4-14-38,41-21-23-10-8-22(19-36)9-11-23)17-26(28(27)43-30)40-20-24-6-5-7-25(16-24)32(33,34)35/h5-11,16,26-28H,3-4,12-15,17-18,20-21H2,1-2H3,(H,37,39)/t26?,27-,28+,31-/m1/s1. The van der Waals surface area contributed by atoms with Crippen LogP contribution in [0.2, 0.25) is 0 Å². The number of ether oxygens (including phenoxy) is 4. The number of nitrogens with zero attached hydrogens (tertiary/aromatic N) is 2. The minimum Gasteiger partial charge on any atom is -0.371 e. The van der Waals surface area contributed by atoms with Crippen LogP contribution in [0.5, 0.6) is 0 Å². The van der Waals surface area contributed by atoms with Crippen LogP contribution in [0.15, 0.2) is 48.5 Å². The first-order chi connectivity index (χ1) is 20.5. The van der Waals surface area contributed by atoms with Gasteiger partial charge in [0.05, 0.1) is 42.6 Å². The lowest BCUT2D eigenvalue weighted by Crippen LogP contribution is -2.60. The van der Waals surface area contributed by atoms with Crippen LogP contribution in [0.1, 0.15) is 61.8 Å². The summed E-state index contributed by atoms with van der Waals surface area (Å²) in [6.07, 6.45) is -3.61. The van der Waals surface area contributed by atoms with Crippen molar-refractivity contribution in [2.24, 2.45) is 0 Å². The Balaban J connectivity index is 1.37. The summed E-state index contributed by atoms with van der Waals surface area (Å²) >= 11 is 0. The Morgan fingerprint density at radius 2 is 1.81 bits per heavy atom. The molecule has 1 unspecified atom stereocenters. The quantitative estimate of drug-likeness (QED) is 0.412. The summed E-state index contributed by atoms with van der Waals surface area (Å²) in [5, 5.41) is 12.2. The number of alkyl halides is 3. The van der Waals surface area contributed by atoms with Crippen molar-refractivity contribution >= 4 is 5.91 Å². The zero-order valence-electron chi connectivity index (χ0n) is 24.5. The van der Waals surface area contributed by atoms with Gasteiger partial charge in [0.2, 0.25) is 0 Å². The van der Waals surface area contributed by atoms with E-state index in [9.17, 15) is 18.0 Å². The van der Waals surface area contributed by atoms with Crippen molar-refractivity contribution in [2.45, 2.75) is 88.6 Å². The van der Waals surface area contributed by atoms with E-state index in [1.165, 1.54) is 6.07 Å². The number of carbonyl (C=O) groups excluding carboxylic acids is 1. The number of carbonyl (C=O) groups is 1. The van der Waals surface area contributed by atoms with Crippen molar-refractivity contribution in [1.29, 1.82) is 5.26 Å². The number of rotatable bonds is 10. The van der Waals surface area contributed by atoms with Crippen LogP contribution in [0.25, 0.3) is 0 Å². The van der Waals surface area contributed by atoms with Crippen LogP contribution in [-0.4, -0.2) is 66.7 Å². The van der Waals surface area contributed by atoms with Gasteiger partial charge in [0, 0.05) is 25.9 Å². The first-order valence-corrected chi connectivity index (χ1v) is 14.7. The van der Waals surface area contributed by atoms with E-state index >= 15 is 0 Å². The van der Waals surface area contributed by atoms with Gasteiger partial charge in [-0.2, -0.15) is 18.4 Å². The van der Waals surface area contributed by atoms with Crippen LogP contribution in [0.3, 0.4) is 0 Å². The molecule has 2 aliphatic heterocycles. The van der Waals surface area contributed by atoms with Crippen LogP contribution in [0, 0.1) is 11.3 Å². The van der Waals surface area contributed by atoms with Gasteiger partial charge in [-0.05, 0) is 75.2 Å². The number of hydrogen-bond acceptors (Lipinski definition) is 7. The molecule has 1 N–H and O–H groups in total. The molecule has 0 spiro atoms. The number of halogens is 3. The Hall–Kier alpha value is -3.01. The summed E-state index contributed by atoms with van der Waals surface area (Å²) in [5.74, 6) is -1.23. The minimum absolute atomic E-state index is 0.104. The molecule has 0 aromatic heterocycles. The van der Waals surface area contributed by atoms with Gasteiger partial charge in [0.1, 0.15) is 6.10 Å². The number of benzene rings is 2. The fourth-order valence-corrected chi connectivity index (χ4v) is 6.14. The highest BCUT2D eigenvalue weighted by atomic mass is 19.4. The summed E-state index contributed by atoms with van der Waals surface area (Å²) in [6, 6.07) is 14.0. The van der Waals surface area contributed by atoms with E-state index in [0.29, 0.717) is 17.7 Å². The van der Waals surface area contributed by atoms with Crippen LogP contribution in [0.4, 0.5) is 13.2 Å². The maximum atomic E-state index is 14.0. The fourth-order valence-electron chi connectivity index (χ4n) is 6.14. The second-order valence-corrected chi connectivity index (χ2v) is 12.0. The Bertz CT molecular complexity index is 1310. The molecule has 5 rings (SSSR count). The predicted molar refractivity (Wildman–Crippen MR) is 150 cm³/mol. The van der Waals surface area contributed by atoms with Gasteiger partial charge in [-0.15, -0.1) is 0 Å². The van der Waals surface area contributed by atoms with Crippen LogP contribution < -0.4 is 5.32 Å². The summed E-state index contributed by atoms with van der Waals surface area (Å²) < 4.78 is 65.1. The van der Waals surface area contributed by atoms with Gasteiger partial charge < -0.3 is 29.2 Å². The molecule has 11 heteroatoms. The molecule has 0 bridgehead atoms. The van der Waals surface area contributed by atoms with Crippen molar-refractivity contribution in [3.8, 4) is 6.07 Å². The molecule has 2 aromatic carbocycles. The van der Waals surface area contributed by atoms with Gasteiger partial charge >= 0.3 is 6.18 Å². The molecule has 8 nitrogen and oxygen atoms in total. The van der Waals surface area contributed by atoms with Crippen molar-refractivity contribution in [3.05, 3.63) is 70.8 Å². The molecular formula is C32H38F3N3O5. The number of nitrogens with one attached hydrogen (secondary N) is 1.